The van der Waals surface area contributed by atoms with Gasteiger partial charge in [-0.15, -0.1) is 0 Å². The maximum absolute atomic E-state index is 13.3. The summed E-state index contributed by atoms with van der Waals surface area (Å²) in [6, 6.07) is 12.3. The molecule has 1 saturated heterocycles. The molecule has 1 unspecified atom stereocenters. The van der Waals surface area contributed by atoms with Gasteiger partial charge in [0, 0.05) is 18.1 Å². The third-order valence-corrected chi connectivity index (χ3v) is 5.62. The van der Waals surface area contributed by atoms with Gasteiger partial charge in [0.15, 0.2) is 0 Å². The molecule has 2 aromatic carbocycles. The molecule has 8 heteroatoms. The first kappa shape index (κ1) is 21.0. The van der Waals surface area contributed by atoms with Crippen LogP contribution in [0.25, 0.3) is 0 Å². The van der Waals surface area contributed by atoms with Gasteiger partial charge in [-0.2, -0.15) is 0 Å². The first-order valence-corrected chi connectivity index (χ1v) is 9.94. The number of carbonyl (C=O) groups excluding carboxylic acids is 3. The molecule has 1 atom stereocenters. The number of likely N-dealkylation sites (N-methyl/N-ethyl adjacent to an activating group) is 1. The number of hydrogen-bond donors (Lipinski definition) is 1. The van der Waals surface area contributed by atoms with Crippen LogP contribution in [0.4, 0.5) is 9.18 Å². The molecular formula is C21H21BrFN3O3. The predicted octanol–water partition coefficient (Wildman–Crippen LogP) is 3.40. The van der Waals surface area contributed by atoms with Gasteiger partial charge < -0.3 is 10.2 Å². The van der Waals surface area contributed by atoms with Crippen molar-refractivity contribution < 1.29 is 18.8 Å². The lowest BCUT2D eigenvalue weighted by molar-refractivity contribution is -0.138. The highest BCUT2D eigenvalue weighted by atomic mass is 79.9. The van der Waals surface area contributed by atoms with Crippen molar-refractivity contribution in [1.82, 2.24) is 15.1 Å². The zero-order valence-electron chi connectivity index (χ0n) is 16.1. The van der Waals surface area contributed by atoms with E-state index in [0.717, 1.165) is 14.9 Å². The molecule has 29 heavy (non-hydrogen) atoms. The standard InChI is InChI=1S/C21H21BrFN3O3/c1-3-21(15-6-10-17(23)11-7-15)19(28)26(20(29)24-21)13-18(27)25(2)12-14-4-8-16(22)9-5-14/h4-11H,3,12-13H2,1-2H3,(H,24,29). The third kappa shape index (κ3) is 4.17. The number of urea groups is 1. The number of hydrogen-bond acceptors (Lipinski definition) is 3. The number of amides is 4. The molecule has 2 aromatic rings. The Morgan fingerprint density at radius 2 is 1.76 bits per heavy atom. The van der Waals surface area contributed by atoms with E-state index in [1.807, 2.05) is 24.3 Å². The zero-order valence-corrected chi connectivity index (χ0v) is 17.7. The van der Waals surface area contributed by atoms with Crippen LogP contribution in [0.1, 0.15) is 24.5 Å². The predicted molar refractivity (Wildman–Crippen MR) is 109 cm³/mol. The lowest BCUT2D eigenvalue weighted by Gasteiger charge is -2.26. The van der Waals surface area contributed by atoms with Crippen LogP contribution in [0.3, 0.4) is 0 Å². The van der Waals surface area contributed by atoms with Gasteiger partial charge >= 0.3 is 6.03 Å². The number of nitrogens with one attached hydrogen (secondary N) is 1. The van der Waals surface area contributed by atoms with E-state index in [1.54, 1.807) is 14.0 Å². The molecule has 1 aliphatic rings. The Morgan fingerprint density at radius 1 is 1.14 bits per heavy atom. The average Bonchev–Trinajstić information content (AvgIpc) is 2.95. The summed E-state index contributed by atoms with van der Waals surface area (Å²) in [6.07, 6.45) is 0.280. The van der Waals surface area contributed by atoms with Gasteiger partial charge in [-0.1, -0.05) is 47.1 Å². The normalized spacial score (nSPS) is 18.7. The van der Waals surface area contributed by atoms with E-state index in [4.69, 9.17) is 0 Å². The van der Waals surface area contributed by atoms with Crippen molar-refractivity contribution in [3.8, 4) is 0 Å². The summed E-state index contributed by atoms with van der Waals surface area (Å²) in [6.45, 7) is 1.75. The van der Waals surface area contributed by atoms with E-state index < -0.39 is 23.3 Å². The highest BCUT2D eigenvalue weighted by Gasteiger charge is 2.51. The number of carbonyl (C=O) groups is 3. The van der Waals surface area contributed by atoms with Crippen molar-refractivity contribution in [2.24, 2.45) is 0 Å². The minimum absolute atomic E-state index is 0.280. The molecule has 6 nitrogen and oxygen atoms in total. The molecule has 152 valence electrons. The first-order valence-electron chi connectivity index (χ1n) is 9.15. The monoisotopic (exact) mass is 461 g/mol. The number of imide groups is 1. The fraction of sp³-hybridized carbons (Fsp3) is 0.286. The summed E-state index contributed by atoms with van der Waals surface area (Å²) >= 11 is 3.36. The summed E-state index contributed by atoms with van der Waals surface area (Å²) in [7, 11) is 1.62. The SMILES string of the molecule is CCC1(c2ccc(F)cc2)NC(=O)N(CC(=O)N(C)Cc2ccc(Br)cc2)C1=O. The van der Waals surface area contributed by atoms with Crippen molar-refractivity contribution in [2.45, 2.75) is 25.4 Å². The van der Waals surface area contributed by atoms with Crippen molar-refractivity contribution >= 4 is 33.8 Å². The lowest BCUT2D eigenvalue weighted by atomic mass is 9.87. The Labute approximate surface area is 176 Å². The topological polar surface area (TPSA) is 69.7 Å². The summed E-state index contributed by atoms with van der Waals surface area (Å²) in [5.74, 6) is -1.30. The van der Waals surface area contributed by atoms with Crippen LogP contribution in [-0.4, -0.2) is 41.2 Å². The lowest BCUT2D eigenvalue weighted by Crippen LogP contribution is -2.45. The summed E-state index contributed by atoms with van der Waals surface area (Å²) in [5.41, 5.74) is 0.114. The van der Waals surface area contributed by atoms with Crippen molar-refractivity contribution in [3.63, 3.8) is 0 Å². The van der Waals surface area contributed by atoms with E-state index in [2.05, 4.69) is 21.2 Å². The molecular weight excluding hydrogens is 441 g/mol. The molecule has 1 N–H and O–H groups in total. The molecule has 0 spiro atoms. The summed E-state index contributed by atoms with van der Waals surface area (Å²) in [5, 5.41) is 2.69. The quantitative estimate of drug-likeness (QED) is 0.670. The molecule has 1 heterocycles. The minimum Gasteiger partial charge on any atom is -0.340 e. The Kier molecular flexibility index (Phi) is 6.02. The fourth-order valence-electron chi connectivity index (χ4n) is 3.35. The van der Waals surface area contributed by atoms with Crippen molar-refractivity contribution in [1.29, 1.82) is 0 Å². The van der Waals surface area contributed by atoms with Gasteiger partial charge in [-0.3, -0.25) is 14.5 Å². The molecule has 0 saturated carbocycles. The maximum Gasteiger partial charge on any atom is 0.325 e. The number of benzene rings is 2. The number of halogens is 2. The van der Waals surface area contributed by atoms with E-state index in [0.29, 0.717) is 12.1 Å². The van der Waals surface area contributed by atoms with Gasteiger partial charge in [0.05, 0.1) is 0 Å². The van der Waals surface area contributed by atoms with Gasteiger partial charge in [0.2, 0.25) is 5.91 Å². The van der Waals surface area contributed by atoms with Crippen molar-refractivity contribution in [3.05, 3.63) is 69.9 Å². The van der Waals surface area contributed by atoms with E-state index in [-0.39, 0.29) is 18.9 Å². The summed E-state index contributed by atoms with van der Waals surface area (Å²) < 4.78 is 14.2. The molecule has 0 aliphatic carbocycles. The van der Waals surface area contributed by atoms with Crippen molar-refractivity contribution in [2.75, 3.05) is 13.6 Å². The largest absolute Gasteiger partial charge is 0.340 e. The highest BCUT2D eigenvalue weighted by molar-refractivity contribution is 9.10. The second-order valence-corrected chi connectivity index (χ2v) is 7.88. The molecule has 0 bridgehead atoms. The number of rotatable bonds is 6. The Hall–Kier alpha value is -2.74. The summed E-state index contributed by atoms with van der Waals surface area (Å²) in [4.78, 5) is 40.6. The smallest absolute Gasteiger partial charge is 0.325 e. The molecule has 0 radical (unpaired) electrons. The Balaban J connectivity index is 1.74. The van der Waals surface area contributed by atoms with Gasteiger partial charge in [0.1, 0.15) is 17.9 Å². The van der Waals surface area contributed by atoms with Gasteiger partial charge in [0.25, 0.3) is 5.91 Å². The van der Waals surface area contributed by atoms with Crippen LogP contribution in [0, 0.1) is 5.82 Å². The van der Waals surface area contributed by atoms with Gasteiger partial charge in [-0.25, -0.2) is 9.18 Å². The molecule has 1 aliphatic heterocycles. The van der Waals surface area contributed by atoms with Crippen LogP contribution in [-0.2, 0) is 21.7 Å². The van der Waals surface area contributed by atoms with E-state index in [1.165, 1.54) is 29.2 Å². The molecule has 1 fully saturated rings. The second kappa shape index (κ2) is 8.32. The Bertz CT molecular complexity index is 933. The third-order valence-electron chi connectivity index (χ3n) is 5.10. The second-order valence-electron chi connectivity index (χ2n) is 6.96. The van der Waals surface area contributed by atoms with Crippen LogP contribution in [0.15, 0.2) is 53.0 Å². The van der Waals surface area contributed by atoms with Crippen LogP contribution >= 0.6 is 15.9 Å². The molecule has 3 rings (SSSR count). The average molecular weight is 462 g/mol. The molecule has 4 amide bonds. The Morgan fingerprint density at radius 3 is 2.34 bits per heavy atom. The number of nitrogens with zero attached hydrogens (tertiary/aromatic N) is 2. The van der Waals surface area contributed by atoms with Crippen LogP contribution in [0.5, 0.6) is 0 Å². The van der Waals surface area contributed by atoms with E-state index >= 15 is 0 Å². The zero-order chi connectivity index (χ0) is 21.2. The van der Waals surface area contributed by atoms with Gasteiger partial charge in [-0.05, 0) is 41.8 Å². The minimum atomic E-state index is -1.30. The van der Waals surface area contributed by atoms with Crippen LogP contribution in [0.2, 0.25) is 0 Å². The first-order chi connectivity index (χ1) is 13.8. The maximum atomic E-state index is 13.3. The van der Waals surface area contributed by atoms with E-state index in [9.17, 15) is 18.8 Å². The highest BCUT2D eigenvalue weighted by Crippen LogP contribution is 2.32. The van der Waals surface area contributed by atoms with Crippen LogP contribution < -0.4 is 5.32 Å². The fourth-order valence-corrected chi connectivity index (χ4v) is 3.62. The molecule has 0 aromatic heterocycles.